The first-order chi connectivity index (χ1) is 6.65. The third kappa shape index (κ3) is 2.60. The Morgan fingerprint density at radius 1 is 1.36 bits per heavy atom. The molecule has 0 radical (unpaired) electrons. The molecule has 2 heteroatoms. The van der Waals surface area contributed by atoms with Crippen molar-refractivity contribution in [1.82, 2.24) is 0 Å². The van der Waals surface area contributed by atoms with Gasteiger partial charge >= 0.3 is 0 Å². The Morgan fingerprint density at radius 3 is 2.57 bits per heavy atom. The van der Waals surface area contributed by atoms with Crippen molar-refractivity contribution >= 4 is 0 Å². The average Bonchev–Trinajstić information content (AvgIpc) is 2.16. The summed E-state index contributed by atoms with van der Waals surface area (Å²) in [7, 11) is 0. The van der Waals surface area contributed by atoms with Crippen molar-refractivity contribution in [2.45, 2.75) is 26.0 Å². The fraction of sp³-hybridized carbons (Fsp3) is 0.333. The van der Waals surface area contributed by atoms with Gasteiger partial charge in [0.2, 0.25) is 0 Å². The van der Waals surface area contributed by atoms with E-state index in [1.807, 2.05) is 38.1 Å². The standard InChI is InChI=1S/C12H17NO/c1-4-11(13)10-7-5-6-8-12(10)14-9(2)3/h4-9,11H,1,13H2,2-3H3/t11-/m1/s1. The Hall–Kier alpha value is -1.28. The van der Waals surface area contributed by atoms with Crippen molar-refractivity contribution in [2.75, 3.05) is 0 Å². The van der Waals surface area contributed by atoms with E-state index in [1.165, 1.54) is 0 Å². The van der Waals surface area contributed by atoms with Gasteiger partial charge in [-0.3, -0.25) is 0 Å². The van der Waals surface area contributed by atoms with Gasteiger partial charge in [-0.15, -0.1) is 6.58 Å². The molecule has 1 aromatic carbocycles. The Morgan fingerprint density at radius 2 is 2.00 bits per heavy atom. The van der Waals surface area contributed by atoms with Crippen LogP contribution in [0.5, 0.6) is 5.75 Å². The van der Waals surface area contributed by atoms with E-state index in [-0.39, 0.29) is 12.1 Å². The number of hydrogen-bond donors (Lipinski definition) is 1. The van der Waals surface area contributed by atoms with Crippen molar-refractivity contribution in [3.63, 3.8) is 0 Å². The molecule has 0 saturated heterocycles. The molecule has 76 valence electrons. The minimum Gasteiger partial charge on any atom is -0.491 e. The third-order valence-electron chi connectivity index (χ3n) is 1.89. The Balaban J connectivity index is 2.96. The molecular weight excluding hydrogens is 174 g/mol. The second-order valence-electron chi connectivity index (χ2n) is 3.47. The molecule has 0 amide bonds. The van der Waals surface area contributed by atoms with Crippen LogP contribution in [0.3, 0.4) is 0 Å². The zero-order valence-electron chi connectivity index (χ0n) is 8.73. The Labute approximate surface area is 85.4 Å². The average molecular weight is 191 g/mol. The van der Waals surface area contributed by atoms with E-state index in [0.29, 0.717) is 0 Å². The predicted octanol–water partition coefficient (Wildman–Crippen LogP) is 2.66. The van der Waals surface area contributed by atoms with Gasteiger partial charge in [0, 0.05) is 5.56 Å². The minimum absolute atomic E-state index is 0.160. The van der Waals surface area contributed by atoms with Crippen molar-refractivity contribution in [1.29, 1.82) is 0 Å². The molecule has 0 spiro atoms. The summed E-state index contributed by atoms with van der Waals surface area (Å²) in [5.41, 5.74) is 6.86. The first-order valence-electron chi connectivity index (χ1n) is 4.79. The van der Waals surface area contributed by atoms with Gasteiger partial charge in [-0.25, -0.2) is 0 Å². The molecule has 1 atom stereocenters. The summed E-state index contributed by atoms with van der Waals surface area (Å²) in [5.74, 6) is 0.843. The molecular formula is C12H17NO. The maximum atomic E-state index is 5.87. The molecule has 0 bridgehead atoms. The Kier molecular flexibility index (Phi) is 3.72. The van der Waals surface area contributed by atoms with E-state index in [9.17, 15) is 0 Å². The first-order valence-corrected chi connectivity index (χ1v) is 4.79. The van der Waals surface area contributed by atoms with E-state index >= 15 is 0 Å². The summed E-state index contributed by atoms with van der Waals surface area (Å²) in [4.78, 5) is 0. The van der Waals surface area contributed by atoms with Gasteiger partial charge < -0.3 is 10.5 Å². The van der Waals surface area contributed by atoms with Crippen LogP contribution in [-0.4, -0.2) is 6.10 Å². The van der Waals surface area contributed by atoms with Gasteiger partial charge in [-0.05, 0) is 19.9 Å². The van der Waals surface area contributed by atoms with Gasteiger partial charge in [0.15, 0.2) is 0 Å². The monoisotopic (exact) mass is 191 g/mol. The number of nitrogens with two attached hydrogens (primary N) is 1. The fourth-order valence-corrected chi connectivity index (χ4v) is 1.24. The normalized spacial score (nSPS) is 12.6. The van der Waals surface area contributed by atoms with Gasteiger partial charge in [0.05, 0.1) is 12.1 Å². The molecule has 1 rings (SSSR count). The van der Waals surface area contributed by atoms with Gasteiger partial charge in [-0.2, -0.15) is 0 Å². The van der Waals surface area contributed by atoms with Gasteiger partial charge in [0.1, 0.15) is 5.75 Å². The van der Waals surface area contributed by atoms with E-state index in [2.05, 4.69) is 6.58 Å². The van der Waals surface area contributed by atoms with Crippen molar-refractivity contribution in [3.05, 3.63) is 42.5 Å². The number of para-hydroxylation sites is 1. The highest BCUT2D eigenvalue weighted by atomic mass is 16.5. The van der Waals surface area contributed by atoms with Gasteiger partial charge in [0.25, 0.3) is 0 Å². The molecule has 1 aromatic rings. The SMILES string of the molecule is C=C[C@@H](N)c1ccccc1OC(C)C. The largest absolute Gasteiger partial charge is 0.491 e. The lowest BCUT2D eigenvalue weighted by Crippen LogP contribution is -2.12. The highest BCUT2D eigenvalue weighted by molar-refractivity contribution is 5.37. The van der Waals surface area contributed by atoms with Crippen LogP contribution >= 0.6 is 0 Å². The fourth-order valence-electron chi connectivity index (χ4n) is 1.24. The van der Waals surface area contributed by atoms with Crippen LogP contribution in [0.2, 0.25) is 0 Å². The minimum atomic E-state index is -0.162. The molecule has 14 heavy (non-hydrogen) atoms. The predicted molar refractivity (Wildman–Crippen MR) is 59.3 cm³/mol. The van der Waals surface area contributed by atoms with Crippen LogP contribution in [0, 0.1) is 0 Å². The molecule has 2 nitrogen and oxygen atoms in total. The molecule has 0 aliphatic rings. The molecule has 0 saturated carbocycles. The second kappa shape index (κ2) is 4.82. The second-order valence-corrected chi connectivity index (χ2v) is 3.47. The summed E-state index contributed by atoms with van der Waals surface area (Å²) < 4.78 is 5.64. The maximum Gasteiger partial charge on any atom is 0.124 e. The van der Waals surface area contributed by atoms with Crippen molar-refractivity contribution in [2.24, 2.45) is 5.73 Å². The van der Waals surface area contributed by atoms with Crippen molar-refractivity contribution in [3.8, 4) is 5.75 Å². The van der Waals surface area contributed by atoms with Crippen LogP contribution < -0.4 is 10.5 Å². The zero-order valence-corrected chi connectivity index (χ0v) is 8.73. The van der Waals surface area contributed by atoms with E-state index in [0.717, 1.165) is 11.3 Å². The molecule has 0 aliphatic carbocycles. The van der Waals surface area contributed by atoms with E-state index in [1.54, 1.807) is 6.08 Å². The zero-order chi connectivity index (χ0) is 10.6. The lowest BCUT2D eigenvalue weighted by molar-refractivity contribution is 0.239. The quantitative estimate of drug-likeness (QED) is 0.742. The van der Waals surface area contributed by atoms with Crippen LogP contribution in [0.15, 0.2) is 36.9 Å². The topological polar surface area (TPSA) is 35.2 Å². The summed E-state index contributed by atoms with van der Waals surface area (Å²) in [5, 5.41) is 0. The number of rotatable bonds is 4. The maximum absolute atomic E-state index is 5.87. The summed E-state index contributed by atoms with van der Waals surface area (Å²) in [6, 6.07) is 7.62. The van der Waals surface area contributed by atoms with Gasteiger partial charge in [-0.1, -0.05) is 24.3 Å². The Bertz CT molecular complexity index is 307. The number of ether oxygens (including phenoxy) is 1. The molecule has 0 fully saturated rings. The smallest absolute Gasteiger partial charge is 0.124 e. The van der Waals surface area contributed by atoms with E-state index < -0.39 is 0 Å². The van der Waals surface area contributed by atoms with Crippen LogP contribution in [0.1, 0.15) is 25.5 Å². The van der Waals surface area contributed by atoms with Crippen LogP contribution in [-0.2, 0) is 0 Å². The molecule has 0 aliphatic heterocycles. The van der Waals surface area contributed by atoms with E-state index in [4.69, 9.17) is 10.5 Å². The summed E-state index contributed by atoms with van der Waals surface area (Å²) in [6.07, 6.45) is 1.87. The summed E-state index contributed by atoms with van der Waals surface area (Å²) >= 11 is 0. The lowest BCUT2D eigenvalue weighted by Gasteiger charge is -2.16. The summed E-state index contributed by atoms with van der Waals surface area (Å²) in [6.45, 7) is 7.67. The third-order valence-corrected chi connectivity index (χ3v) is 1.89. The molecule has 2 N–H and O–H groups in total. The number of hydrogen-bond acceptors (Lipinski definition) is 2. The first kappa shape index (κ1) is 10.8. The van der Waals surface area contributed by atoms with Crippen LogP contribution in [0.4, 0.5) is 0 Å². The molecule has 0 heterocycles. The molecule has 0 aromatic heterocycles. The highest BCUT2D eigenvalue weighted by Crippen LogP contribution is 2.24. The number of benzene rings is 1. The van der Waals surface area contributed by atoms with Crippen LogP contribution in [0.25, 0.3) is 0 Å². The van der Waals surface area contributed by atoms with Crippen molar-refractivity contribution < 1.29 is 4.74 Å². The lowest BCUT2D eigenvalue weighted by atomic mass is 10.1. The molecule has 0 unspecified atom stereocenters. The highest BCUT2D eigenvalue weighted by Gasteiger charge is 2.09.